The fourth-order valence-electron chi connectivity index (χ4n) is 2.33. The molecular formula is C16H20FNO3. The van der Waals surface area contributed by atoms with Gasteiger partial charge in [0, 0.05) is 17.0 Å². The predicted octanol–water partition coefficient (Wildman–Crippen LogP) is 3.35. The van der Waals surface area contributed by atoms with Crippen LogP contribution in [0.15, 0.2) is 28.9 Å². The van der Waals surface area contributed by atoms with Crippen molar-refractivity contribution >= 4 is 16.9 Å². The number of hydrogen-bond acceptors (Lipinski definition) is 4. The number of furan rings is 1. The highest BCUT2D eigenvalue weighted by Gasteiger charge is 2.29. The molecule has 0 amide bonds. The van der Waals surface area contributed by atoms with Crippen molar-refractivity contribution in [3.63, 3.8) is 0 Å². The molecule has 2 atom stereocenters. The zero-order chi connectivity index (χ0) is 15.4. The zero-order valence-corrected chi connectivity index (χ0v) is 12.3. The van der Waals surface area contributed by atoms with Crippen molar-refractivity contribution < 1.29 is 18.3 Å². The first kappa shape index (κ1) is 15.5. The van der Waals surface area contributed by atoms with Crippen molar-refractivity contribution in [3.8, 4) is 0 Å². The summed E-state index contributed by atoms with van der Waals surface area (Å²) in [6.07, 6.45) is 3.18. The number of rotatable bonds is 6. The highest BCUT2D eigenvalue weighted by atomic mass is 19.1. The largest absolute Gasteiger partial charge is 0.465 e. The van der Waals surface area contributed by atoms with E-state index in [1.54, 1.807) is 13.0 Å². The lowest BCUT2D eigenvalue weighted by atomic mass is 9.91. The molecule has 0 aliphatic rings. The second-order valence-corrected chi connectivity index (χ2v) is 5.19. The summed E-state index contributed by atoms with van der Waals surface area (Å²) in [6.45, 7) is 4.05. The molecule has 114 valence electrons. The maximum Gasteiger partial charge on any atom is 0.315 e. The van der Waals surface area contributed by atoms with Crippen molar-refractivity contribution in [2.45, 2.75) is 38.6 Å². The van der Waals surface area contributed by atoms with E-state index in [9.17, 15) is 9.18 Å². The van der Waals surface area contributed by atoms with E-state index in [4.69, 9.17) is 14.9 Å². The monoisotopic (exact) mass is 293 g/mol. The normalized spacial score (nSPS) is 14.1. The summed E-state index contributed by atoms with van der Waals surface area (Å²) < 4.78 is 24.4. The van der Waals surface area contributed by atoms with E-state index in [-0.39, 0.29) is 0 Å². The van der Waals surface area contributed by atoms with Gasteiger partial charge in [-0.1, -0.05) is 13.3 Å². The van der Waals surface area contributed by atoms with E-state index in [2.05, 4.69) is 0 Å². The van der Waals surface area contributed by atoms with E-state index < -0.39 is 23.7 Å². The van der Waals surface area contributed by atoms with Gasteiger partial charge in [-0.05, 0) is 31.5 Å². The first-order chi connectivity index (χ1) is 10.0. The minimum absolute atomic E-state index is 0.342. The van der Waals surface area contributed by atoms with Gasteiger partial charge in [0.05, 0.1) is 12.9 Å². The van der Waals surface area contributed by atoms with Crippen molar-refractivity contribution in [1.29, 1.82) is 0 Å². The Morgan fingerprint density at radius 2 is 2.24 bits per heavy atom. The predicted molar refractivity (Wildman–Crippen MR) is 78.4 cm³/mol. The first-order valence-corrected chi connectivity index (χ1v) is 7.13. The second kappa shape index (κ2) is 6.72. The number of unbranched alkanes of at least 4 members (excludes halogenated alkanes) is 1. The molecule has 0 saturated carbocycles. The Labute approximate surface area is 123 Å². The van der Waals surface area contributed by atoms with Crippen LogP contribution in [-0.4, -0.2) is 18.6 Å². The molecule has 0 aliphatic carbocycles. The molecule has 0 bridgehead atoms. The Morgan fingerprint density at radius 1 is 1.48 bits per heavy atom. The third kappa shape index (κ3) is 3.42. The van der Waals surface area contributed by atoms with Crippen LogP contribution in [0.3, 0.4) is 0 Å². The molecule has 21 heavy (non-hydrogen) atoms. The van der Waals surface area contributed by atoms with E-state index >= 15 is 0 Å². The Morgan fingerprint density at radius 3 is 2.90 bits per heavy atom. The summed E-state index contributed by atoms with van der Waals surface area (Å²) in [5, 5.41) is 0.608. The summed E-state index contributed by atoms with van der Waals surface area (Å²) >= 11 is 0. The third-order valence-corrected chi connectivity index (χ3v) is 3.40. The molecule has 0 spiro atoms. The highest BCUT2D eigenvalue weighted by Crippen LogP contribution is 2.30. The van der Waals surface area contributed by atoms with Crippen LogP contribution in [-0.2, 0) is 9.53 Å². The average molecular weight is 293 g/mol. The number of halogens is 1. The van der Waals surface area contributed by atoms with Crippen LogP contribution in [0.1, 0.15) is 38.2 Å². The maximum absolute atomic E-state index is 13.7. The molecule has 4 nitrogen and oxygen atoms in total. The topological polar surface area (TPSA) is 65.5 Å². The lowest BCUT2D eigenvalue weighted by Crippen LogP contribution is -2.32. The molecule has 5 heteroatoms. The number of ether oxygens (including phenoxy) is 1. The van der Waals surface area contributed by atoms with Crippen LogP contribution in [0, 0.1) is 5.82 Å². The van der Waals surface area contributed by atoms with Gasteiger partial charge in [0.2, 0.25) is 0 Å². The standard InChI is InChI=1S/C16H20FNO3/c1-3-4-6-21-16(19)14(10(2)18)13-9-12(17)8-11-5-7-20-15(11)13/h5,7-10,14H,3-4,6,18H2,1-2H3. The fraction of sp³-hybridized carbons (Fsp3) is 0.438. The van der Waals surface area contributed by atoms with Gasteiger partial charge in [-0.25, -0.2) is 4.39 Å². The van der Waals surface area contributed by atoms with Crippen molar-refractivity contribution in [3.05, 3.63) is 35.8 Å². The molecule has 1 aromatic carbocycles. The van der Waals surface area contributed by atoms with Gasteiger partial charge in [0.25, 0.3) is 0 Å². The Hall–Kier alpha value is -1.88. The molecule has 0 radical (unpaired) electrons. The zero-order valence-electron chi connectivity index (χ0n) is 12.3. The van der Waals surface area contributed by atoms with E-state index in [0.29, 0.717) is 23.1 Å². The van der Waals surface area contributed by atoms with Crippen LogP contribution in [0.4, 0.5) is 4.39 Å². The molecule has 2 unspecified atom stereocenters. The van der Waals surface area contributed by atoms with Gasteiger partial charge in [0.15, 0.2) is 0 Å². The van der Waals surface area contributed by atoms with Crippen LogP contribution in [0.25, 0.3) is 11.0 Å². The quantitative estimate of drug-likeness (QED) is 0.655. The molecular weight excluding hydrogens is 273 g/mol. The maximum atomic E-state index is 13.7. The number of carbonyl (C=O) groups excluding carboxylic acids is 1. The smallest absolute Gasteiger partial charge is 0.315 e. The molecule has 0 saturated heterocycles. The molecule has 0 aliphatic heterocycles. The molecule has 2 rings (SSSR count). The summed E-state index contributed by atoms with van der Waals surface area (Å²) in [5.41, 5.74) is 6.83. The first-order valence-electron chi connectivity index (χ1n) is 7.13. The van der Waals surface area contributed by atoms with Gasteiger partial charge in [-0.15, -0.1) is 0 Å². The summed E-state index contributed by atoms with van der Waals surface area (Å²) in [4.78, 5) is 12.3. The molecule has 0 fully saturated rings. The summed E-state index contributed by atoms with van der Waals surface area (Å²) in [7, 11) is 0. The van der Waals surface area contributed by atoms with Gasteiger partial charge in [0.1, 0.15) is 17.3 Å². The Balaban J connectivity index is 2.36. The SMILES string of the molecule is CCCCOC(=O)C(c1cc(F)cc2ccoc12)C(C)N. The van der Waals surface area contributed by atoms with Gasteiger partial charge < -0.3 is 14.9 Å². The van der Waals surface area contributed by atoms with Crippen LogP contribution in [0.5, 0.6) is 0 Å². The summed E-state index contributed by atoms with van der Waals surface area (Å²) in [5.74, 6) is -1.61. The molecule has 2 aromatic rings. The summed E-state index contributed by atoms with van der Waals surface area (Å²) in [6, 6.07) is 3.81. The fourth-order valence-corrected chi connectivity index (χ4v) is 2.33. The van der Waals surface area contributed by atoms with Crippen molar-refractivity contribution in [2.75, 3.05) is 6.61 Å². The highest BCUT2D eigenvalue weighted by molar-refractivity contribution is 5.88. The number of fused-ring (bicyclic) bond motifs is 1. The molecule has 1 aromatic heterocycles. The number of hydrogen-bond donors (Lipinski definition) is 1. The number of nitrogens with two attached hydrogens (primary N) is 1. The second-order valence-electron chi connectivity index (χ2n) is 5.19. The minimum atomic E-state index is -0.744. The third-order valence-electron chi connectivity index (χ3n) is 3.40. The number of esters is 1. The average Bonchev–Trinajstić information content (AvgIpc) is 2.86. The van der Waals surface area contributed by atoms with Crippen LogP contribution >= 0.6 is 0 Å². The minimum Gasteiger partial charge on any atom is -0.465 e. The Kier molecular flexibility index (Phi) is 4.96. The van der Waals surface area contributed by atoms with Gasteiger partial charge in [-0.3, -0.25) is 4.79 Å². The van der Waals surface area contributed by atoms with Gasteiger partial charge >= 0.3 is 5.97 Å². The van der Waals surface area contributed by atoms with E-state index in [0.717, 1.165) is 12.8 Å². The van der Waals surface area contributed by atoms with Crippen LogP contribution < -0.4 is 5.73 Å². The molecule has 1 heterocycles. The van der Waals surface area contributed by atoms with Crippen LogP contribution in [0.2, 0.25) is 0 Å². The lowest BCUT2D eigenvalue weighted by molar-refractivity contribution is -0.146. The lowest BCUT2D eigenvalue weighted by Gasteiger charge is -2.20. The van der Waals surface area contributed by atoms with Crippen molar-refractivity contribution in [1.82, 2.24) is 0 Å². The van der Waals surface area contributed by atoms with E-state index in [1.165, 1.54) is 18.4 Å². The van der Waals surface area contributed by atoms with E-state index in [1.807, 2.05) is 6.92 Å². The Bertz CT molecular complexity index is 621. The van der Waals surface area contributed by atoms with Crippen molar-refractivity contribution in [2.24, 2.45) is 5.73 Å². The number of carbonyl (C=O) groups is 1. The number of benzene rings is 1. The molecule has 2 N–H and O–H groups in total. The van der Waals surface area contributed by atoms with Gasteiger partial charge in [-0.2, -0.15) is 0 Å².